The first-order chi connectivity index (χ1) is 39.3. The molecule has 0 aliphatic carbocycles. The number of benzene rings is 2. The number of alkyl carbamates (subject to hydrolysis) is 1. The topological polar surface area (TPSA) is 323 Å². The van der Waals surface area contributed by atoms with Gasteiger partial charge in [-0.2, -0.15) is 0 Å². The molecule has 6 rings (SSSR count). The van der Waals surface area contributed by atoms with Crippen molar-refractivity contribution in [3.8, 4) is 5.75 Å². The molecule has 24 nitrogen and oxygen atoms in total. The number of ether oxygens (including phenoxy) is 5. The predicted octanol–water partition coefficient (Wildman–Crippen LogP) is 4.79. The minimum atomic E-state index is -1.89. The van der Waals surface area contributed by atoms with Gasteiger partial charge in [0.25, 0.3) is 11.8 Å². The first kappa shape index (κ1) is 65.0. The molecule has 9 atom stereocenters. The Morgan fingerprint density at radius 2 is 1.75 bits per heavy atom. The van der Waals surface area contributed by atoms with Crippen LogP contribution in [0, 0.1) is 18.8 Å². The number of aryl methyl sites for hydroxylation is 1. The van der Waals surface area contributed by atoms with E-state index in [0.29, 0.717) is 60.6 Å². The largest absolute Gasteiger partial charge is 0.495 e. The average molecular weight is 1190 g/mol. The van der Waals surface area contributed by atoms with Crippen molar-refractivity contribution >= 4 is 94.1 Å². The van der Waals surface area contributed by atoms with Crippen molar-refractivity contribution in [1.82, 2.24) is 31.5 Å². The number of thiocarbonyl (C=S) groups is 1. The quantitative estimate of drug-likeness (QED) is 0.0267. The summed E-state index contributed by atoms with van der Waals surface area (Å²) in [5, 5.41) is 32.4. The number of rotatable bonds is 21. The number of epoxide rings is 1. The Hall–Kier alpha value is -7.16. The highest BCUT2D eigenvalue weighted by molar-refractivity contribution is 7.80. The number of nitrogens with zero attached hydrogens (tertiary/aromatic N) is 2. The second-order valence-corrected chi connectivity index (χ2v) is 22.6. The summed E-state index contributed by atoms with van der Waals surface area (Å²) >= 11 is 12.4. The summed E-state index contributed by atoms with van der Waals surface area (Å²) in [6, 6.07) is 6.64. The fourth-order valence-electron chi connectivity index (χ4n) is 10.2. The zero-order chi connectivity index (χ0) is 61.0. The van der Waals surface area contributed by atoms with E-state index in [1.165, 1.54) is 31.3 Å². The van der Waals surface area contributed by atoms with Crippen LogP contribution in [0.1, 0.15) is 84.3 Å². The molecule has 452 valence electrons. The van der Waals surface area contributed by atoms with Gasteiger partial charge in [-0.1, -0.05) is 56.2 Å². The molecule has 0 saturated carbocycles. The van der Waals surface area contributed by atoms with Gasteiger partial charge in [0, 0.05) is 76.2 Å². The van der Waals surface area contributed by atoms with Gasteiger partial charge >= 0.3 is 18.2 Å². The van der Waals surface area contributed by atoms with E-state index >= 15 is 0 Å². The third-order valence-corrected chi connectivity index (χ3v) is 16.1. The van der Waals surface area contributed by atoms with E-state index in [9.17, 15) is 43.5 Å². The molecule has 8 amide bonds. The first-order valence-corrected chi connectivity index (χ1v) is 28.2. The van der Waals surface area contributed by atoms with E-state index in [4.69, 9.17) is 53.2 Å². The summed E-state index contributed by atoms with van der Waals surface area (Å²) in [5.74, 6) is -2.30. The Kier molecular flexibility index (Phi) is 22.3. The Labute approximate surface area is 493 Å². The van der Waals surface area contributed by atoms with Crippen molar-refractivity contribution in [3.63, 3.8) is 0 Å². The van der Waals surface area contributed by atoms with Gasteiger partial charge in [-0.25, -0.2) is 14.4 Å². The molecule has 2 saturated heterocycles. The molecule has 83 heavy (non-hydrogen) atoms. The normalized spacial score (nSPS) is 25.5. The van der Waals surface area contributed by atoms with Gasteiger partial charge in [0.15, 0.2) is 10.8 Å². The lowest BCUT2D eigenvalue weighted by Gasteiger charge is -2.42. The number of carbonyl (C=O) groups excluding carboxylic acids is 8. The number of imide groups is 1. The molecule has 4 aliphatic rings. The fourth-order valence-corrected chi connectivity index (χ4v) is 10.8. The number of primary amides is 1. The number of methoxy groups -OCH3 is 2. The number of fused-ring (bicyclic) bond motifs is 5. The second kappa shape index (κ2) is 28.4. The number of hydrogen-bond donors (Lipinski definition) is 9. The molecular formula is C57H77ClN10O14S. The Balaban J connectivity index is 1.17. The van der Waals surface area contributed by atoms with Gasteiger partial charge in [0.1, 0.15) is 46.5 Å². The number of amides is 8. The molecule has 0 spiro atoms. The summed E-state index contributed by atoms with van der Waals surface area (Å²) in [7, 11) is 4.42. The molecule has 0 radical (unpaired) electrons. The highest BCUT2D eigenvalue weighted by Gasteiger charge is 2.64. The Morgan fingerprint density at radius 3 is 2.40 bits per heavy atom. The van der Waals surface area contributed by atoms with E-state index in [-0.39, 0.29) is 60.3 Å². The van der Waals surface area contributed by atoms with Crippen LogP contribution < -0.4 is 52.6 Å². The molecule has 2 fully saturated rings. The number of urea groups is 1. The maximum atomic E-state index is 14.5. The highest BCUT2D eigenvalue weighted by atomic mass is 35.5. The average Bonchev–Trinajstić information content (AvgIpc) is 1.93. The molecule has 2 aromatic carbocycles. The van der Waals surface area contributed by atoms with Gasteiger partial charge < -0.3 is 70.8 Å². The molecule has 4 aliphatic heterocycles. The fraction of sp³-hybridized carbons (Fsp3) is 0.526. The molecule has 0 unspecified atom stereocenters. The van der Waals surface area contributed by atoms with Crippen molar-refractivity contribution in [1.29, 1.82) is 0 Å². The molecule has 26 heteroatoms. The standard InChI is InChI=1S/C57H77ClN10O14S/c1-32(2)56(31-69,65-52(83)61-21-10-11-23-68-45(70)19-20-46(68)71)30-62-39(15-13-22-60-51(59)74)50(73)63-37-17-18-38(34(4)25-37)64-53(75)81-44-28-47(72)67(7)40-26-36(27-41(78-8)48(40)58)24-33(3)14-12-16-43(79-9)57(77)29-42(80-54(76)66-57)35(5)49-55(44,6)82-49/h12,14,16-20,25-27,31-32,35,39,42-44,49,62,77H,10-11,13,15,21-24,28-30H2,1-9H3,(H,63,73)(H,64,75)(H,66,76)(H3,59,60,74)(H2,61,65,83)/b16-12+,33-14+/t35-,39+,42+,43-,44+,49+,55+,56-,57+/m1/s1. The maximum absolute atomic E-state index is 14.5. The summed E-state index contributed by atoms with van der Waals surface area (Å²) in [4.78, 5) is 106. The van der Waals surface area contributed by atoms with Crippen molar-refractivity contribution in [2.24, 2.45) is 17.6 Å². The van der Waals surface area contributed by atoms with Gasteiger partial charge in [0.2, 0.25) is 11.8 Å². The van der Waals surface area contributed by atoms with Crippen LogP contribution in [0.4, 0.5) is 31.4 Å². The number of allylic oxidation sites excluding steroid dienone is 3. The van der Waals surface area contributed by atoms with Crippen molar-refractivity contribution in [3.05, 3.63) is 82.4 Å². The minimum absolute atomic E-state index is 0.0468. The lowest BCUT2D eigenvalue weighted by Crippen LogP contribution is -2.63. The highest BCUT2D eigenvalue weighted by Crippen LogP contribution is 2.49. The molecule has 4 heterocycles. The maximum Gasteiger partial charge on any atom is 0.412 e. The third-order valence-electron chi connectivity index (χ3n) is 15.4. The summed E-state index contributed by atoms with van der Waals surface area (Å²) in [6.45, 7) is 11.5. The zero-order valence-corrected chi connectivity index (χ0v) is 49.8. The smallest absolute Gasteiger partial charge is 0.412 e. The van der Waals surface area contributed by atoms with Crippen LogP contribution in [0.5, 0.6) is 5.75 Å². The van der Waals surface area contributed by atoms with E-state index in [1.807, 2.05) is 26.8 Å². The summed E-state index contributed by atoms with van der Waals surface area (Å²) in [5.41, 5.74) is 3.94. The number of nitrogens with one attached hydrogen (secondary N) is 7. The lowest BCUT2D eigenvalue weighted by atomic mass is 9.83. The van der Waals surface area contributed by atoms with Crippen LogP contribution in [0.15, 0.2) is 66.3 Å². The van der Waals surface area contributed by atoms with E-state index in [1.54, 1.807) is 70.3 Å². The number of unbranched alkanes of at least 4 members (excludes halogenated alkanes) is 1. The van der Waals surface area contributed by atoms with Crippen molar-refractivity contribution in [2.45, 2.75) is 134 Å². The zero-order valence-electron chi connectivity index (χ0n) is 48.2. The number of hydrogen-bond acceptors (Lipinski definition) is 16. The molecule has 4 bridgehead atoms. The lowest BCUT2D eigenvalue weighted by molar-refractivity contribution is -0.142. The Morgan fingerprint density at radius 1 is 1.04 bits per heavy atom. The SMILES string of the molecule is COc1cc2cc(c1Cl)N(C)C(=O)C[C@H](OC(=O)Nc1ccc(NC(=O)[C@H](CCCNC(N)=O)NC[C@](C=O)(NC(=S)NCCCCN3C(=O)C=CC3=O)C(C)C)cc1C)[C@]1(C)O[C@H]1[C@H](C)[C@@H]1C[C@@](O)(NC(=O)O1)[C@H](OC)/C=C/C=C(\C)C2. The van der Waals surface area contributed by atoms with Gasteiger partial charge in [-0.05, 0) is 112 Å². The number of nitrogens with two attached hydrogens (primary N) is 1. The van der Waals surface area contributed by atoms with E-state index < -0.39 is 89.7 Å². The second-order valence-electron chi connectivity index (χ2n) is 21.8. The van der Waals surface area contributed by atoms with Crippen LogP contribution in [-0.4, -0.2) is 158 Å². The van der Waals surface area contributed by atoms with Crippen molar-refractivity contribution < 1.29 is 67.1 Å². The first-order valence-electron chi connectivity index (χ1n) is 27.4. The summed E-state index contributed by atoms with van der Waals surface area (Å²) in [6.07, 6.45) is 4.17. The van der Waals surface area contributed by atoms with Gasteiger partial charge in [-0.3, -0.25) is 34.7 Å². The van der Waals surface area contributed by atoms with Crippen LogP contribution in [0.2, 0.25) is 5.02 Å². The van der Waals surface area contributed by atoms with Gasteiger partial charge in [-0.15, -0.1) is 0 Å². The van der Waals surface area contributed by atoms with E-state index in [2.05, 4.69) is 37.2 Å². The van der Waals surface area contributed by atoms with Crippen molar-refractivity contribution in [2.75, 3.05) is 63.0 Å². The minimum Gasteiger partial charge on any atom is -0.495 e. The predicted molar refractivity (Wildman–Crippen MR) is 314 cm³/mol. The molecule has 2 aromatic rings. The van der Waals surface area contributed by atoms with Crippen LogP contribution in [-0.2, 0) is 49.3 Å². The van der Waals surface area contributed by atoms with Gasteiger partial charge in [0.05, 0.1) is 31.4 Å². The van der Waals surface area contributed by atoms with Crippen LogP contribution in [0.25, 0.3) is 0 Å². The number of aliphatic hydroxyl groups is 1. The number of carbonyl (C=O) groups is 8. The third kappa shape index (κ3) is 16.6. The van der Waals surface area contributed by atoms with E-state index in [0.717, 1.165) is 22.3 Å². The van der Waals surface area contributed by atoms with Crippen LogP contribution in [0.3, 0.4) is 0 Å². The number of halogens is 1. The Bertz CT molecular complexity index is 2870. The summed E-state index contributed by atoms with van der Waals surface area (Å²) < 4.78 is 29.5. The molecular weight excluding hydrogens is 1120 g/mol. The van der Waals surface area contributed by atoms with Crippen LogP contribution >= 0.6 is 23.8 Å². The molecule has 10 N–H and O–H groups in total. The molecule has 0 aromatic heterocycles. The number of anilines is 3. The monoisotopic (exact) mass is 1190 g/mol. The number of aldehydes is 1.